The smallest absolute Gasteiger partial charge is 0.410 e. The SMILES string of the molecule is COc1ccc([C@H]2C[C@H](C(F)(F)F)n3nc(C(=O)Nc4sc5c(c4C(N)=O)CC[C@H](C)C5)c(Br)c3N2)cc1. The minimum Gasteiger partial charge on any atom is -0.497 e. The van der Waals surface area contributed by atoms with Gasteiger partial charge < -0.3 is 21.1 Å². The molecule has 3 atom stereocenters. The molecule has 0 bridgehead atoms. The van der Waals surface area contributed by atoms with Crippen molar-refractivity contribution >= 4 is 49.9 Å². The number of hydrogen-bond donors (Lipinski definition) is 3. The molecule has 0 saturated carbocycles. The molecule has 0 radical (unpaired) electrons. The van der Waals surface area contributed by atoms with Crippen LogP contribution in [0.2, 0.25) is 0 Å². The van der Waals surface area contributed by atoms with Crippen LogP contribution < -0.4 is 21.1 Å². The third-order valence-electron chi connectivity index (χ3n) is 7.01. The molecule has 3 heterocycles. The van der Waals surface area contributed by atoms with Gasteiger partial charge in [0.2, 0.25) is 0 Å². The first kappa shape index (κ1) is 26.5. The van der Waals surface area contributed by atoms with Gasteiger partial charge in [-0.05, 0) is 64.4 Å². The maximum Gasteiger partial charge on any atom is 0.410 e. The highest BCUT2D eigenvalue weighted by Gasteiger charge is 2.48. The number of benzene rings is 1. The van der Waals surface area contributed by atoms with E-state index in [-0.39, 0.29) is 33.0 Å². The monoisotopic (exact) mass is 611 g/mol. The predicted octanol–water partition coefficient (Wildman–Crippen LogP) is 5.85. The standard InChI is InChI=1S/C25H25BrF3N5O3S/c1-11-3-8-14-16(9-11)38-24(18(14)21(30)35)32-23(36)20-19(26)22-31-15(12-4-6-13(37-2)7-5-12)10-17(25(27,28)29)34(22)33-20/h4-7,11,15,17,31H,3,8-10H2,1-2H3,(H2,30,35)(H,32,36)/t11-,15+,17+/m0/s1. The van der Waals surface area contributed by atoms with Crippen molar-refractivity contribution in [2.24, 2.45) is 11.7 Å². The quantitative estimate of drug-likeness (QED) is 0.335. The van der Waals surface area contributed by atoms with Gasteiger partial charge in [-0.3, -0.25) is 9.59 Å². The first-order valence-electron chi connectivity index (χ1n) is 12.0. The Hall–Kier alpha value is -3.06. The van der Waals surface area contributed by atoms with Crippen molar-refractivity contribution < 1.29 is 27.5 Å². The Bertz CT molecular complexity index is 1400. The minimum atomic E-state index is -4.61. The van der Waals surface area contributed by atoms with Crippen LogP contribution in [-0.2, 0) is 12.8 Å². The number of anilines is 2. The number of primary amides is 1. The zero-order chi connectivity index (χ0) is 27.4. The van der Waals surface area contributed by atoms with Crippen LogP contribution in [0.5, 0.6) is 5.75 Å². The average Bonchev–Trinajstić information content (AvgIpc) is 3.39. The molecule has 2 aliphatic rings. The van der Waals surface area contributed by atoms with Gasteiger partial charge in [-0.25, -0.2) is 4.68 Å². The highest BCUT2D eigenvalue weighted by molar-refractivity contribution is 9.10. The highest BCUT2D eigenvalue weighted by atomic mass is 79.9. The Balaban J connectivity index is 1.48. The largest absolute Gasteiger partial charge is 0.497 e. The Morgan fingerprint density at radius 2 is 2.00 bits per heavy atom. The lowest BCUT2D eigenvalue weighted by molar-refractivity contribution is -0.173. The van der Waals surface area contributed by atoms with E-state index in [1.165, 1.54) is 18.4 Å². The van der Waals surface area contributed by atoms with E-state index >= 15 is 0 Å². The Morgan fingerprint density at radius 3 is 2.63 bits per heavy atom. The number of fused-ring (bicyclic) bond motifs is 2. The average molecular weight is 612 g/mol. The molecule has 1 aliphatic heterocycles. The van der Waals surface area contributed by atoms with E-state index in [0.29, 0.717) is 23.7 Å². The summed E-state index contributed by atoms with van der Waals surface area (Å²) >= 11 is 4.57. The maximum absolute atomic E-state index is 14.1. The number of amides is 2. The van der Waals surface area contributed by atoms with Gasteiger partial charge in [-0.15, -0.1) is 11.3 Å². The number of aromatic nitrogens is 2. The summed E-state index contributed by atoms with van der Waals surface area (Å²) in [5.74, 6) is -0.335. The Morgan fingerprint density at radius 1 is 1.29 bits per heavy atom. The van der Waals surface area contributed by atoms with Gasteiger partial charge in [0.1, 0.15) is 16.6 Å². The van der Waals surface area contributed by atoms with E-state index in [4.69, 9.17) is 10.5 Å². The number of rotatable bonds is 5. The number of thiophene rings is 1. The number of halogens is 4. The van der Waals surface area contributed by atoms with Crippen LogP contribution in [0, 0.1) is 5.92 Å². The van der Waals surface area contributed by atoms with Crippen molar-refractivity contribution in [2.75, 3.05) is 17.7 Å². The van der Waals surface area contributed by atoms with Gasteiger partial charge in [0.15, 0.2) is 11.7 Å². The van der Waals surface area contributed by atoms with Crippen molar-refractivity contribution in [1.82, 2.24) is 9.78 Å². The van der Waals surface area contributed by atoms with Crippen LogP contribution >= 0.6 is 27.3 Å². The molecular formula is C25H25BrF3N5O3S. The van der Waals surface area contributed by atoms with Crippen molar-refractivity contribution in [3.05, 3.63) is 56.0 Å². The summed E-state index contributed by atoms with van der Waals surface area (Å²) < 4.78 is 48.5. The molecule has 5 rings (SSSR count). The van der Waals surface area contributed by atoms with E-state index < -0.39 is 30.1 Å². The third kappa shape index (κ3) is 4.77. The predicted molar refractivity (Wildman–Crippen MR) is 141 cm³/mol. The van der Waals surface area contributed by atoms with Crippen LogP contribution in [0.3, 0.4) is 0 Å². The van der Waals surface area contributed by atoms with Gasteiger partial charge in [-0.2, -0.15) is 18.3 Å². The molecule has 0 spiro atoms. The van der Waals surface area contributed by atoms with E-state index in [0.717, 1.165) is 28.0 Å². The topological polar surface area (TPSA) is 111 Å². The summed E-state index contributed by atoms with van der Waals surface area (Å²) in [6, 6.07) is 4.11. The number of nitrogens with two attached hydrogens (primary N) is 1. The molecule has 2 amide bonds. The molecule has 1 aromatic carbocycles. The maximum atomic E-state index is 14.1. The molecule has 1 aliphatic carbocycles. The molecule has 0 saturated heterocycles. The molecular weight excluding hydrogens is 587 g/mol. The van der Waals surface area contributed by atoms with E-state index in [1.807, 2.05) is 0 Å². The number of ether oxygens (including phenoxy) is 1. The lowest BCUT2D eigenvalue weighted by Crippen LogP contribution is -2.35. The number of carbonyl (C=O) groups excluding carboxylic acids is 2. The summed E-state index contributed by atoms with van der Waals surface area (Å²) in [6.07, 6.45) is -2.59. The van der Waals surface area contributed by atoms with Crippen LogP contribution in [0.15, 0.2) is 28.7 Å². The second-order valence-electron chi connectivity index (χ2n) is 9.59. The van der Waals surface area contributed by atoms with Crippen LogP contribution in [0.4, 0.5) is 24.0 Å². The van der Waals surface area contributed by atoms with Gasteiger partial charge >= 0.3 is 6.18 Å². The van der Waals surface area contributed by atoms with Crippen LogP contribution in [0.1, 0.15) is 68.7 Å². The van der Waals surface area contributed by atoms with Gasteiger partial charge in [0, 0.05) is 11.3 Å². The molecule has 202 valence electrons. The fourth-order valence-corrected chi connectivity index (χ4v) is 7.02. The second-order valence-corrected chi connectivity index (χ2v) is 11.5. The number of alkyl halides is 3. The van der Waals surface area contributed by atoms with Crippen molar-refractivity contribution in [2.45, 2.75) is 50.9 Å². The molecule has 38 heavy (non-hydrogen) atoms. The lowest BCUT2D eigenvalue weighted by atomic mass is 9.88. The molecule has 4 N–H and O–H groups in total. The van der Waals surface area contributed by atoms with E-state index in [9.17, 15) is 22.8 Å². The lowest BCUT2D eigenvalue weighted by Gasteiger charge is -2.33. The van der Waals surface area contributed by atoms with E-state index in [1.54, 1.807) is 24.3 Å². The fourth-order valence-electron chi connectivity index (χ4n) is 5.05. The zero-order valence-corrected chi connectivity index (χ0v) is 22.9. The minimum absolute atomic E-state index is 0.0407. The molecule has 13 heteroatoms. The first-order chi connectivity index (χ1) is 18.0. The zero-order valence-electron chi connectivity index (χ0n) is 20.5. The summed E-state index contributed by atoms with van der Waals surface area (Å²) in [7, 11) is 1.51. The van der Waals surface area contributed by atoms with Crippen molar-refractivity contribution in [1.29, 1.82) is 0 Å². The van der Waals surface area contributed by atoms with E-state index in [2.05, 4.69) is 38.6 Å². The molecule has 2 aromatic heterocycles. The van der Waals surface area contributed by atoms with Crippen LogP contribution in [-0.4, -0.2) is 34.9 Å². The molecule has 8 nitrogen and oxygen atoms in total. The Labute approximate surface area is 228 Å². The first-order valence-corrected chi connectivity index (χ1v) is 13.6. The molecule has 0 fully saturated rings. The van der Waals surface area contributed by atoms with Crippen molar-refractivity contribution in [3.63, 3.8) is 0 Å². The highest BCUT2D eigenvalue weighted by Crippen LogP contribution is 2.47. The number of methoxy groups -OCH3 is 1. The molecule has 0 unspecified atom stereocenters. The number of hydrogen-bond acceptors (Lipinski definition) is 6. The second kappa shape index (κ2) is 9.92. The normalized spacial score (nSPS) is 20.7. The van der Waals surface area contributed by atoms with Crippen LogP contribution in [0.25, 0.3) is 0 Å². The molecule has 3 aromatic rings. The van der Waals surface area contributed by atoms with Crippen molar-refractivity contribution in [3.8, 4) is 5.75 Å². The Kier molecular flexibility index (Phi) is 6.93. The third-order valence-corrected chi connectivity index (χ3v) is 8.93. The number of carbonyl (C=O) groups is 2. The summed E-state index contributed by atoms with van der Waals surface area (Å²) in [4.78, 5) is 26.5. The number of nitrogens with one attached hydrogen (secondary N) is 2. The summed E-state index contributed by atoms with van der Waals surface area (Å²) in [5, 5.41) is 10.1. The number of nitrogens with zero attached hydrogens (tertiary/aromatic N) is 2. The fraction of sp³-hybridized carbons (Fsp3) is 0.400. The van der Waals surface area contributed by atoms with Gasteiger partial charge in [-0.1, -0.05) is 19.1 Å². The van der Waals surface area contributed by atoms with Gasteiger partial charge in [0.25, 0.3) is 11.8 Å². The van der Waals surface area contributed by atoms with Gasteiger partial charge in [0.05, 0.1) is 23.2 Å². The summed E-state index contributed by atoms with van der Waals surface area (Å²) in [5.41, 5.74) is 7.14. The summed E-state index contributed by atoms with van der Waals surface area (Å²) in [6.45, 7) is 2.11.